The van der Waals surface area contributed by atoms with E-state index in [-0.39, 0.29) is 18.0 Å². The summed E-state index contributed by atoms with van der Waals surface area (Å²) in [7, 11) is 0. The Kier molecular flexibility index (Phi) is 3.74. The first-order valence-electron chi connectivity index (χ1n) is 6.99. The molecular weight excluding hydrogens is 280 g/mol. The molecule has 22 heavy (non-hydrogen) atoms. The molecule has 0 bridgehead atoms. The number of carbonyl (C=O) groups is 1. The molecule has 3 rings (SSSR count). The van der Waals surface area contributed by atoms with Crippen molar-refractivity contribution >= 4 is 11.4 Å². The lowest BCUT2D eigenvalue weighted by molar-refractivity contribution is -0.122. The van der Waals surface area contributed by atoms with E-state index < -0.39 is 0 Å². The summed E-state index contributed by atoms with van der Waals surface area (Å²) in [6.45, 7) is 2.34. The lowest BCUT2D eigenvalue weighted by Gasteiger charge is -2.09. The third-order valence-electron chi connectivity index (χ3n) is 3.58. The van der Waals surface area contributed by atoms with Gasteiger partial charge in [-0.15, -0.1) is 0 Å². The summed E-state index contributed by atoms with van der Waals surface area (Å²) in [6.07, 6.45) is 3.26. The minimum atomic E-state index is -0.279. The van der Waals surface area contributed by atoms with E-state index in [2.05, 4.69) is 10.4 Å². The van der Waals surface area contributed by atoms with Crippen LogP contribution in [0.25, 0.3) is 5.52 Å². The maximum atomic E-state index is 12.2. The zero-order valence-electron chi connectivity index (χ0n) is 12.2. The van der Waals surface area contributed by atoms with E-state index in [1.807, 2.05) is 31.2 Å². The maximum absolute atomic E-state index is 12.2. The number of nitrogens with one attached hydrogen (secondary N) is 1. The van der Waals surface area contributed by atoms with Crippen LogP contribution in [0.3, 0.4) is 0 Å². The van der Waals surface area contributed by atoms with Crippen molar-refractivity contribution in [1.29, 1.82) is 0 Å². The summed E-state index contributed by atoms with van der Waals surface area (Å²) in [5.41, 5.74) is 2.39. The van der Waals surface area contributed by atoms with Crippen molar-refractivity contribution < 1.29 is 4.79 Å². The van der Waals surface area contributed by atoms with Crippen LogP contribution in [0.4, 0.5) is 0 Å². The summed E-state index contributed by atoms with van der Waals surface area (Å²) in [4.78, 5) is 24.2. The number of aryl methyl sites for hydroxylation is 1. The van der Waals surface area contributed by atoms with Gasteiger partial charge in [-0.2, -0.15) is 5.10 Å². The van der Waals surface area contributed by atoms with Crippen LogP contribution < -0.4 is 10.9 Å². The quantitative estimate of drug-likeness (QED) is 0.784. The van der Waals surface area contributed by atoms with Crippen molar-refractivity contribution in [2.75, 3.05) is 0 Å². The number of carbonyl (C=O) groups excluding carboxylic acids is 1. The van der Waals surface area contributed by atoms with Crippen LogP contribution in [0.5, 0.6) is 0 Å². The Hall–Kier alpha value is -2.89. The molecule has 0 aliphatic carbocycles. The molecule has 0 spiro atoms. The van der Waals surface area contributed by atoms with Gasteiger partial charge in [-0.3, -0.25) is 9.59 Å². The predicted octanol–water partition coefficient (Wildman–Crippen LogP) is 1.12. The Morgan fingerprint density at radius 2 is 2.05 bits per heavy atom. The van der Waals surface area contributed by atoms with Gasteiger partial charge in [0.15, 0.2) is 0 Å². The lowest BCUT2D eigenvalue weighted by Crippen LogP contribution is -2.34. The van der Waals surface area contributed by atoms with Gasteiger partial charge >= 0.3 is 0 Å². The number of benzene rings is 1. The van der Waals surface area contributed by atoms with Gasteiger partial charge in [0.1, 0.15) is 18.4 Å². The Balaban J connectivity index is 1.70. The Morgan fingerprint density at radius 1 is 1.23 bits per heavy atom. The van der Waals surface area contributed by atoms with Gasteiger partial charge in [0, 0.05) is 12.7 Å². The highest BCUT2D eigenvalue weighted by molar-refractivity contribution is 5.75. The molecule has 6 nitrogen and oxygen atoms in total. The fourth-order valence-electron chi connectivity index (χ4n) is 2.29. The maximum Gasteiger partial charge on any atom is 0.291 e. The average molecular weight is 296 g/mol. The van der Waals surface area contributed by atoms with Crippen molar-refractivity contribution in [3.8, 4) is 0 Å². The molecule has 1 aromatic carbocycles. The Labute approximate surface area is 127 Å². The van der Waals surface area contributed by atoms with E-state index in [1.54, 1.807) is 22.7 Å². The van der Waals surface area contributed by atoms with Crippen LogP contribution in [-0.4, -0.2) is 20.1 Å². The Bertz CT molecular complexity index is 879. The molecule has 1 N–H and O–H groups in total. The summed E-state index contributed by atoms with van der Waals surface area (Å²) >= 11 is 0. The molecule has 0 saturated heterocycles. The van der Waals surface area contributed by atoms with Crippen molar-refractivity contribution in [3.63, 3.8) is 0 Å². The zero-order valence-corrected chi connectivity index (χ0v) is 12.2. The van der Waals surface area contributed by atoms with Gasteiger partial charge in [-0.25, -0.2) is 4.68 Å². The molecule has 0 radical (unpaired) electrons. The second kappa shape index (κ2) is 5.85. The smallest absolute Gasteiger partial charge is 0.291 e. The van der Waals surface area contributed by atoms with Gasteiger partial charge in [-0.1, -0.05) is 24.3 Å². The number of hydrogen-bond donors (Lipinski definition) is 1. The van der Waals surface area contributed by atoms with Gasteiger partial charge in [0.25, 0.3) is 5.56 Å². The van der Waals surface area contributed by atoms with Crippen molar-refractivity contribution in [2.24, 2.45) is 0 Å². The second-order valence-electron chi connectivity index (χ2n) is 5.10. The van der Waals surface area contributed by atoms with Crippen LogP contribution in [0.15, 0.2) is 53.7 Å². The standard InChI is InChI=1S/C16H16N4O2/c1-12-5-2-3-6-13(12)9-17-15(21)10-20-16(22)14-7-4-8-19(14)11-18-20/h2-8,11H,9-10H2,1H3,(H,17,21). The lowest BCUT2D eigenvalue weighted by atomic mass is 10.1. The monoisotopic (exact) mass is 296 g/mol. The highest BCUT2D eigenvalue weighted by Gasteiger charge is 2.08. The summed E-state index contributed by atoms with van der Waals surface area (Å²) in [5.74, 6) is -0.242. The van der Waals surface area contributed by atoms with E-state index in [0.29, 0.717) is 12.1 Å². The number of rotatable bonds is 4. The van der Waals surface area contributed by atoms with Crippen molar-refractivity contribution in [3.05, 3.63) is 70.4 Å². The molecular formula is C16H16N4O2. The number of fused-ring (bicyclic) bond motifs is 1. The molecule has 3 aromatic rings. The molecule has 6 heteroatoms. The van der Waals surface area contributed by atoms with Crippen LogP contribution in [0, 0.1) is 6.92 Å². The Morgan fingerprint density at radius 3 is 2.86 bits per heavy atom. The summed E-state index contributed by atoms with van der Waals surface area (Å²) < 4.78 is 2.80. The van der Waals surface area contributed by atoms with E-state index in [0.717, 1.165) is 11.1 Å². The van der Waals surface area contributed by atoms with E-state index >= 15 is 0 Å². The number of aromatic nitrogens is 3. The first-order chi connectivity index (χ1) is 10.6. The molecule has 2 heterocycles. The normalized spacial score (nSPS) is 10.8. The van der Waals surface area contributed by atoms with Crippen LogP contribution >= 0.6 is 0 Å². The van der Waals surface area contributed by atoms with Gasteiger partial charge < -0.3 is 9.72 Å². The SMILES string of the molecule is Cc1ccccc1CNC(=O)Cn1ncn2cccc2c1=O. The second-order valence-corrected chi connectivity index (χ2v) is 5.10. The van der Waals surface area contributed by atoms with Gasteiger partial charge in [0.2, 0.25) is 5.91 Å². The molecule has 0 saturated carbocycles. The van der Waals surface area contributed by atoms with Crippen LogP contribution in [-0.2, 0) is 17.9 Å². The zero-order chi connectivity index (χ0) is 15.5. The van der Waals surface area contributed by atoms with Crippen LogP contribution in [0.2, 0.25) is 0 Å². The minimum Gasteiger partial charge on any atom is -0.350 e. The molecule has 0 atom stereocenters. The molecule has 112 valence electrons. The molecule has 2 aromatic heterocycles. The highest BCUT2D eigenvalue weighted by Crippen LogP contribution is 2.05. The molecule has 0 unspecified atom stereocenters. The first-order valence-corrected chi connectivity index (χ1v) is 6.99. The number of nitrogens with zero attached hydrogens (tertiary/aromatic N) is 3. The number of amides is 1. The van der Waals surface area contributed by atoms with Crippen LogP contribution in [0.1, 0.15) is 11.1 Å². The predicted molar refractivity (Wildman–Crippen MR) is 82.5 cm³/mol. The van der Waals surface area contributed by atoms with E-state index in [9.17, 15) is 9.59 Å². The summed E-state index contributed by atoms with van der Waals surface area (Å²) in [6, 6.07) is 11.3. The summed E-state index contributed by atoms with van der Waals surface area (Å²) in [5, 5.41) is 6.81. The van der Waals surface area contributed by atoms with E-state index in [4.69, 9.17) is 0 Å². The highest BCUT2D eigenvalue weighted by atomic mass is 16.2. The third kappa shape index (κ3) is 2.76. The first kappa shape index (κ1) is 14.1. The van der Waals surface area contributed by atoms with Crippen molar-refractivity contribution in [2.45, 2.75) is 20.0 Å². The minimum absolute atomic E-state index is 0.0909. The largest absolute Gasteiger partial charge is 0.350 e. The van der Waals surface area contributed by atoms with Gasteiger partial charge in [-0.05, 0) is 30.2 Å². The van der Waals surface area contributed by atoms with Gasteiger partial charge in [0.05, 0.1) is 0 Å². The van der Waals surface area contributed by atoms with Crippen molar-refractivity contribution in [1.82, 2.24) is 19.5 Å². The fraction of sp³-hybridized carbons (Fsp3) is 0.188. The topological polar surface area (TPSA) is 68.4 Å². The molecule has 1 amide bonds. The van der Waals surface area contributed by atoms with E-state index in [1.165, 1.54) is 11.0 Å². The average Bonchev–Trinajstić information content (AvgIpc) is 2.99. The molecule has 0 aliphatic rings. The fourth-order valence-corrected chi connectivity index (χ4v) is 2.29. The molecule has 0 aliphatic heterocycles. The molecule has 0 fully saturated rings. The number of hydrogen-bond acceptors (Lipinski definition) is 3. The third-order valence-corrected chi connectivity index (χ3v) is 3.58.